The van der Waals surface area contributed by atoms with Gasteiger partial charge in [0.15, 0.2) is 0 Å². The maximum absolute atomic E-state index is 4.62. The zero-order chi connectivity index (χ0) is 12.7. The molecule has 0 saturated heterocycles. The Bertz CT molecular complexity index is 519. The number of hydrogen-bond acceptors (Lipinski definition) is 0. The number of allylic oxidation sites excluding steroid dienone is 8. The van der Waals surface area contributed by atoms with Gasteiger partial charge in [-0.1, -0.05) is 0 Å². The van der Waals surface area contributed by atoms with Crippen LogP contribution in [0.15, 0.2) is 41.0 Å². The number of hydrogen-bond donors (Lipinski definition) is 0. The second kappa shape index (κ2) is 7.34. The van der Waals surface area contributed by atoms with Crippen molar-refractivity contribution in [2.45, 2.75) is 41.0 Å². The van der Waals surface area contributed by atoms with E-state index in [2.05, 4.69) is 51.0 Å². The molecule has 0 aromatic heterocycles. The van der Waals surface area contributed by atoms with E-state index in [9.17, 15) is 0 Å². The fraction of sp³-hybridized carbons (Fsp3) is 0.438. The standard InChI is InChI=1S/C8H11.C7H9.CH2.2ClH.Zr/c1-6-4-7(2)8(3)5-6;1-6-4-3-5-7(6)2;;;;/h4,6H,1-3H3;4H,5H2,1-2H3;1H2;2*1H;/q;;;;;+2/p-2. The predicted molar refractivity (Wildman–Crippen MR) is 73.8 cm³/mol. The summed E-state index contributed by atoms with van der Waals surface area (Å²) in [7, 11) is 0. The minimum Gasteiger partial charge on any atom is -1.00 e. The van der Waals surface area contributed by atoms with Crippen molar-refractivity contribution < 1.29 is 46.1 Å². The Labute approximate surface area is 137 Å². The van der Waals surface area contributed by atoms with Crippen LogP contribution in [0, 0.1) is 5.92 Å². The Hall–Kier alpha value is 0.293. The van der Waals surface area contributed by atoms with Crippen LogP contribution in [-0.4, -0.2) is 4.21 Å². The average molecular weight is 376 g/mol. The van der Waals surface area contributed by atoms with Crippen molar-refractivity contribution >= 4 is 4.21 Å². The van der Waals surface area contributed by atoms with Gasteiger partial charge < -0.3 is 24.8 Å². The summed E-state index contributed by atoms with van der Waals surface area (Å²) >= 11 is -1.76. The molecule has 0 spiro atoms. The van der Waals surface area contributed by atoms with Crippen LogP contribution >= 0.6 is 0 Å². The van der Waals surface area contributed by atoms with Crippen molar-refractivity contribution in [2.75, 3.05) is 0 Å². The summed E-state index contributed by atoms with van der Waals surface area (Å²) in [6.45, 7) is 11.4. The van der Waals surface area contributed by atoms with Crippen molar-refractivity contribution in [3.05, 3.63) is 41.0 Å². The molecule has 0 saturated carbocycles. The second-order valence-corrected chi connectivity index (χ2v) is 10.7. The van der Waals surface area contributed by atoms with Crippen molar-refractivity contribution in [2.24, 2.45) is 5.92 Å². The van der Waals surface area contributed by atoms with Gasteiger partial charge in [0.25, 0.3) is 0 Å². The summed E-state index contributed by atoms with van der Waals surface area (Å²) in [4.78, 5) is 0. The third-order valence-electron chi connectivity index (χ3n) is 4.18. The first-order valence-electron chi connectivity index (χ1n) is 6.38. The van der Waals surface area contributed by atoms with E-state index in [-0.39, 0.29) is 24.8 Å². The van der Waals surface area contributed by atoms with Gasteiger partial charge in [0.05, 0.1) is 0 Å². The van der Waals surface area contributed by atoms with Gasteiger partial charge in [-0.05, 0) is 0 Å². The first-order valence-corrected chi connectivity index (χ1v) is 10.6. The van der Waals surface area contributed by atoms with E-state index in [1.165, 1.54) is 17.6 Å². The van der Waals surface area contributed by atoms with Gasteiger partial charge in [-0.15, -0.1) is 0 Å². The quantitative estimate of drug-likeness (QED) is 0.553. The molecule has 0 amide bonds. The summed E-state index contributed by atoms with van der Waals surface area (Å²) in [6, 6.07) is 0. The van der Waals surface area contributed by atoms with E-state index in [0.29, 0.717) is 5.92 Å². The first kappa shape index (κ1) is 19.3. The second-order valence-electron chi connectivity index (χ2n) is 5.47. The molecule has 1 unspecified atom stereocenters. The molecular formula is C16H22Cl2Zr. The molecule has 0 aliphatic heterocycles. The molecule has 0 heterocycles. The van der Waals surface area contributed by atoms with Gasteiger partial charge in [-0.3, -0.25) is 0 Å². The van der Waals surface area contributed by atoms with Crippen LogP contribution in [0.25, 0.3) is 0 Å². The monoisotopic (exact) mass is 374 g/mol. The zero-order valence-corrected chi connectivity index (χ0v) is 16.4. The van der Waals surface area contributed by atoms with Crippen LogP contribution in [0.1, 0.15) is 41.0 Å². The fourth-order valence-electron chi connectivity index (χ4n) is 2.87. The normalized spacial score (nSPS) is 21.4. The van der Waals surface area contributed by atoms with Crippen molar-refractivity contribution in [3.8, 4) is 0 Å². The SMILES string of the molecule is [CH2]=[Zr+2]([C]1=CC(C)=C(C)C1)[C]1=C(C)C(C)=CC1C.[Cl-].[Cl-]. The predicted octanol–water partition coefficient (Wildman–Crippen LogP) is -1.46. The van der Waals surface area contributed by atoms with E-state index in [4.69, 9.17) is 0 Å². The largest absolute Gasteiger partial charge is 1.00 e. The van der Waals surface area contributed by atoms with Crippen molar-refractivity contribution in [1.29, 1.82) is 0 Å². The molecular weight excluding hydrogens is 354 g/mol. The topological polar surface area (TPSA) is 0 Å². The van der Waals surface area contributed by atoms with Gasteiger partial charge in [-0.2, -0.15) is 0 Å². The summed E-state index contributed by atoms with van der Waals surface area (Å²) in [5.74, 6) is 0.643. The van der Waals surface area contributed by atoms with Gasteiger partial charge >= 0.3 is 113 Å². The molecule has 2 aliphatic rings. The minimum atomic E-state index is -1.76. The Kier molecular flexibility index (Phi) is 7.46. The van der Waals surface area contributed by atoms with Crippen LogP contribution in [0.5, 0.6) is 0 Å². The minimum absolute atomic E-state index is 0. The molecule has 0 aromatic carbocycles. The summed E-state index contributed by atoms with van der Waals surface area (Å²) < 4.78 is 8.02. The fourth-order valence-corrected chi connectivity index (χ4v) is 9.01. The Morgan fingerprint density at radius 3 is 2.11 bits per heavy atom. The maximum Gasteiger partial charge on any atom is -1.00 e. The molecule has 0 radical (unpaired) electrons. The molecule has 0 N–H and O–H groups in total. The van der Waals surface area contributed by atoms with Crippen molar-refractivity contribution in [3.63, 3.8) is 0 Å². The van der Waals surface area contributed by atoms with Gasteiger partial charge in [0, 0.05) is 0 Å². The first-order chi connectivity index (χ1) is 7.91. The van der Waals surface area contributed by atoms with E-state index < -0.39 is 21.3 Å². The molecule has 0 bridgehead atoms. The van der Waals surface area contributed by atoms with Crippen LogP contribution in [-0.2, 0) is 21.3 Å². The zero-order valence-electron chi connectivity index (χ0n) is 12.4. The molecule has 0 aromatic rings. The molecule has 104 valence electrons. The summed E-state index contributed by atoms with van der Waals surface area (Å²) in [5, 5.41) is 0. The Morgan fingerprint density at radius 1 is 1.16 bits per heavy atom. The van der Waals surface area contributed by atoms with Crippen LogP contribution in [0.4, 0.5) is 0 Å². The Balaban J connectivity index is 0.00000162. The molecule has 3 heteroatoms. The molecule has 0 nitrogen and oxygen atoms in total. The van der Waals surface area contributed by atoms with Gasteiger partial charge in [0.2, 0.25) is 0 Å². The van der Waals surface area contributed by atoms with Crippen LogP contribution < -0.4 is 24.8 Å². The van der Waals surface area contributed by atoms with E-state index in [1.807, 2.05) is 0 Å². The maximum atomic E-state index is 4.62. The smallest absolute Gasteiger partial charge is 1.00 e. The Morgan fingerprint density at radius 2 is 1.74 bits per heavy atom. The molecule has 2 aliphatic carbocycles. The summed E-state index contributed by atoms with van der Waals surface area (Å²) in [6.07, 6.45) is 6.05. The van der Waals surface area contributed by atoms with Crippen molar-refractivity contribution in [1.82, 2.24) is 0 Å². The van der Waals surface area contributed by atoms with Gasteiger partial charge in [-0.25, -0.2) is 0 Å². The molecule has 0 fully saturated rings. The van der Waals surface area contributed by atoms with E-state index in [1.54, 1.807) is 17.7 Å². The molecule has 19 heavy (non-hydrogen) atoms. The van der Waals surface area contributed by atoms with E-state index >= 15 is 0 Å². The molecule has 2 rings (SSSR count). The average Bonchev–Trinajstić information content (AvgIpc) is 2.70. The molecule has 1 atom stereocenters. The third-order valence-corrected chi connectivity index (χ3v) is 10.5. The third kappa shape index (κ3) is 3.69. The summed E-state index contributed by atoms with van der Waals surface area (Å²) in [5.41, 5.74) is 6.06. The van der Waals surface area contributed by atoms with Gasteiger partial charge in [0.1, 0.15) is 0 Å². The van der Waals surface area contributed by atoms with E-state index in [0.717, 1.165) is 0 Å². The number of halogens is 2. The van der Waals surface area contributed by atoms with Crippen LogP contribution in [0.2, 0.25) is 0 Å². The number of rotatable bonds is 2. The van der Waals surface area contributed by atoms with Crippen LogP contribution in [0.3, 0.4) is 0 Å².